The predicted molar refractivity (Wildman–Crippen MR) is 45.8 cm³/mol. The third kappa shape index (κ3) is 1.46. The van der Waals surface area contributed by atoms with Gasteiger partial charge in [-0.25, -0.2) is 9.78 Å². The second kappa shape index (κ2) is 3.44. The molecule has 1 saturated heterocycles. The Morgan fingerprint density at radius 2 is 2.17 bits per heavy atom. The van der Waals surface area contributed by atoms with Gasteiger partial charge in [0.05, 0.1) is 6.61 Å². The van der Waals surface area contributed by atoms with Gasteiger partial charge < -0.3 is 0 Å². The molecule has 0 bridgehead atoms. The standard InChI is InChI=1S/C9H9ClO2/c10-8-4-2-1-3-7(8)9-5-6-11-12-9/h1-4,9H,5-6H2. The van der Waals surface area contributed by atoms with Crippen molar-refractivity contribution in [1.29, 1.82) is 0 Å². The number of rotatable bonds is 1. The SMILES string of the molecule is Clc1ccccc1C1CCOO1. The zero-order valence-corrected chi connectivity index (χ0v) is 7.25. The lowest BCUT2D eigenvalue weighted by molar-refractivity contribution is -0.276. The van der Waals surface area contributed by atoms with Gasteiger partial charge in [0.1, 0.15) is 6.10 Å². The Morgan fingerprint density at radius 1 is 1.33 bits per heavy atom. The quantitative estimate of drug-likeness (QED) is 0.625. The highest BCUT2D eigenvalue weighted by molar-refractivity contribution is 6.31. The molecule has 0 N–H and O–H groups in total. The predicted octanol–water partition coefficient (Wildman–Crippen LogP) is 2.73. The summed E-state index contributed by atoms with van der Waals surface area (Å²) in [6.45, 7) is 0.649. The summed E-state index contributed by atoms with van der Waals surface area (Å²) in [5.74, 6) is 0. The Hall–Kier alpha value is -0.570. The van der Waals surface area contributed by atoms with Gasteiger partial charge >= 0.3 is 0 Å². The van der Waals surface area contributed by atoms with E-state index in [0.717, 1.165) is 17.0 Å². The van der Waals surface area contributed by atoms with Crippen molar-refractivity contribution in [3.05, 3.63) is 34.9 Å². The lowest BCUT2D eigenvalue weighted by Crippen LogP contribution is -1.95. The van der Waals surface area contributed by atoms with Crippen molar-refractivity contribution in [2.45, 2.75) is 12.5 Å². The minimum absolute atomic E-state index is 0.0127. The fourth-order valence-corrected chi connectivity index (χ4v) is 1.53. The average Bonchev–Trinajstić information content (AvgIpc) is 2.57. The van der Waals surface area contributed by atoms with Crippen molar-refractivity contribution in [1.82, 2.24) is 0 Å². The lowest BCUT2D eigenvalue weighted by Gasteiger charge is -2.07. The van der Waals surface area contributed by atoms with E-state index in [4.69, 9.17) is 21.4 Å². The van der Waals surface area contributed by atoms with Crippen LogP contribution in [0.1, 0.15) is 18.1 Å². The minimum Gasteiger partial charge on any atom is -0.236 e. The van der Waals surface area contributed by atoms with Crippen LogP contribution in [0.4, 0.5) is 0 Å². The summed E-state index contributed by atoms with van der Waals surface area (Å²) >= 11 is 5.97. The van der Waals surface area contributed by atoms with E-state index in [2.05, 4.69) is 0 Å². The Balaban J connectivity index is 2.26. The molecule has 1 atom stereocenters. The van der Waals surface area contributed by atoms with Crippen LogP contribution in [0.2, 0.25) is 5.02 Å². The van der Waals surface area contributed by atoms with Gasteiger partial charge in [-0.2, -0.15) is 0 Å². The molecule has 1 heterocycles. The van der Waals surface area contributed by atoms with Gasteiger partial charge in [-0.05, 0) is 6.07 Å². The molecule has 2 nitrogen and oxygen atoms in total. The van der Waals surface area contributed by atoms with Crippen molar-refractivity contribution >= 4 is 11.6 Å². The van der Waals surface area contributed by atoms with Gasteiger partial charge in [-0.15, -0.1) is 0 Å². The van der Waals surface area contributed by atoms with Crippen molar-refractivity contribution in [3.63, 3.8) is 0 Å². The summed E-state index contributed by atoms with van der Waals surface area (Å²) in [7, 11) is 0. The molecule has 1 fully saturated rings. The second-order valence-corrected chi connectivity index (χ2v) is 3.12. The zero-order valence-electron chi connectivity index (χ0n) is 6.50. The topological polar surface area (TPSA) is 18.5 Å². The fraction of sp³-hybridized carbons (Fsp3) is 0.333. The molecule has 2 rings (SSSR count). The van der Waals surface area contributed by atoms with E-state index in [1.54, 1.807) is 0 Å². The van der Waals surface area contributed by atoms with Gasteiger partial charge in [0, 0.05) is 17.0 Å². The highest BCUT2D eigenvalue weighted by atomic mass is 35.5. The van der Waals surface area contributed by atoms with E-state index in [-0.39, 0.29) is 6.10 Å². The molecule has 1 aromatic carbocycles. The highest BCUT2D eigenvalue weighted by Crippen LogP contribution is 2.31. The van der Waals surface area contributed by atoms with Crippen LogP contribution in [0.25, 0.3) is 0 Å². The van der Waals surface area contributed by atoms with Crippen molar-refractivity contribution in [3.8, 4) is 0 Å². The first kappa shape index (κ1) is 8.05. The largest absolute Gasteiger partial charge is 0.236 e. The van der Waals surface area contributed by atoms with Gasteiger partial charge in [-0.3, -0.25) is 0 Å². The third-order valence-corrected chi connectivity index (χ3v) is 2.24. The van der Waals surface area contributed by atoms with Gasteiger partial charge in [0.2, 0.25) is 0 Å². The van der Waals surface area contributed by atoms with Gasteiger partial charge in [0.25, 0.3) is 0 Å². The first-order chi connectivity index (χ1) is 5.88. The zero-order chi connectivity index (χ0) is 8.39. The van der Waals surface area contributed by atoms with Gasteiger partial charge in [0.15, 0.2) is 0 Å². The first-order valence-corrected chi connectivity index (χ1v) is 4.28. The maximum absolute atomic E-state index is 5.97. The Morgan fingerprint density at radius 3 is 2.83 bits per heavy atom. The van der Waals surface area contributed by atoms with Crippen LogP contribution in [0.15, 0.2) is 24.3 Å². The van der Waals surface area contributed by atoms with E-state index < -0.39 is 0 Å². The molecule has 0 amide bonds. The Bertz CT molecular complexity index is 269. The molecule has 0 aromatic heterocycles. The molecular weight excluding hydrogens is 176 g/mol. The maximum atomic E-state index is 5.97. The monoisotopic (exact) mass is 184 g/mol. The summed E-state index contributed by atoms with van der Waals surface area (Å²) < 4.78 is 0. The van der Waals surface area contributed by atoms with Crippen LogP contribution in [0.5, 0.6) is 0 Å². The lowest BCUT2D eigenvalue weighted by atomic mass is 10.1. The first-order valence-electron chi connectivity index (χ1n) is 3.90. The molecule has 1 aromatic rings. The number of halogens is 1. The molecular formula is C9H9ClO2. The molecule has 0 saturated carbocycles. The van der Waals surface area contributed by atoms with Crippen molar-refractivity contribution in [2.75, 3.05) is 6.61 Å². The van der Waals surface area contributed by atoms with E-state index in [1.807, 2.05) is 24.3 Å². The third-order valence-electron chi connectivity index (χ3n) is 1.90. The number of benzene rings is 1. The molecule has 0 aliphatic carbocycles. The molecule has 64 valence electrons. The van der Waals surface area contributed by atoms with E-state index in [0.29, 0.717) is 6.61 Å². The normalized spacial score (nSPS) is 22.9. The van der Waals surface area contributed by atoms with E-state index in [9.17, 15) is 0 Å². The summed E-state index contributed by atoms with van der Waals surface area (Å²) in [5, 5.41) is 0.744. The molecule has 1 aliphatic heterocycles. The van der Waals surface area contributed by atoms with Crippen LogP contribution in [-0.4, -0.2) is 6.61 Å². The summed E-state index contributed by atoms with van der Waals surface area (Å²) in [6, 6.07) is 7.67. The van der Waals surface area contributed by atoms with Crippen LogP contribution < -0.4 is 0 Å². The Labute approximate surface area is 76.0 Å². The molecule has 12 heavy (non-hydrogen) atoms. The van der Waals surface area contributed by atoms with E-state index in [1.165, 1.54) is 0 Å². The molecule has 1 unspecified atom stereocenters. The molecule has 0 radical (unpaired) electrons. The van der Waals surface area contributed by atoms with Crippen LogP contribution in [-0.2, 0) is 9.78 Å². The summed E-state index contributed by atoms with van der Waals surface area (Å²) in [6.07, 6.45) is 0.891. The molecule has 1 aliphatic rings. The fourth-order valence-electron chi connectivity index (χ4n) is 1.28. The van der Waals surface area contributed by atoms with Crippen molar-refractivity contribution in [2.24, 2.45) is 0 Å². The Kier molecular flexibility index (Phi) is 2.30. The second-order valence-electron chi connectivity index (χ2n) is 2.72. The summed E-state index contributed by atoms with van der Waals surface area (Å²) in [4.78, 5) is 9.84. The van der Waals surface area contributed by atoms with E-state index >= 15 is 0 Å². The van der Waals surface area contributed by atoms with Gasteiger partial charge in [-0.1, -0.05) is 29.8 Å². The van der Waals surface area contributed by atoms with Crippen LogP contribution >= 0.6 is 11.6 Å². The number of hydrogen-bond acceptors (Lipinski definition) is 2. The highest BCUT2D eigenvalue weighted by Gasteiger charge is 2.21. The number of hydrogen-bond donors (Lipinski definition) is 0. The average molecular weight is 185 g/mol. The van der Waals surface area contributed by atoms with Crippen LogP contribution in [0, 0.1) is 0 Å². The van der Waals surface area contributed by atoms with Crippen LogP contribution in [0.3, 0.4) is 0 Å². The van der Waals surface area contributed by atoms with Crippen molar-refractivity contribution < 1.29 is 9.78 Å². The molecule has 3 heteroatoms. The minimum atomic E-state index is 0.0127. The maximum Gasteiger partial charge on any atom is 0.122 e. The molecule has 0 spiro atoms. The summed E-state index contributed by atoms with van der Waals surface area (Å²) in [5.41, 5.74) is 1.01. The smallest absolute Gasteiger partial charge is 0.122 e.